The molecule has 0 aromatic heterocycles. The maximum atomic E-state index is 12.8. The van der Waals surface area contributed by atoms with E-state index in [-0.39, 0.29) is 5.56 Å². The van der Waals surface area contributed by atoms with E-state index in [9.17, 15) is 17.6 Å². The Morgan fingerprint density at radius 2 is 1.73 bits per heavy atom. The van der Waals surface area contributed by atoms with Crippen LogP contribution in [0, 0.1) is 0 Å². The molecule has 1 rings (SSSR count). The first-order chi connectivity index (χ1) is 6.92. The van der Waals surface area contributed by atoms with E-state index in [1.807, 2.05) is 0 Å². The lowest BCUT2D eigenvalue weighted by Gasteiger charge is -2.10. The molecule has 1 aromatic carbocycles. The molecule has 0 aliphatic heterocycles. The summed E-state index contributed by atoms with van der Waals surface area (Å²) >= 11 is 0. The van der Waals surface area contributed by atoms with Crippen LogP contribution in [0.2, 0.25) is 0 Å². The zero-order valence-corrected chi connectivity index (χ0v) is 7.46. The number of benzene rings is 1. The third-order valence-corrected chi connectivity index (χ3v) is 1.64. The van der Waals surface area contributed by atoms with Gasteiger partial charge < -0.3 is 9.84 Å². The van der Waals surface area contributed by atoms with Gasteiger partial charge in [-0.2, -0.15) is 0 Å². The fraction of sp³-hybridized carbons (Fsp3) is 0.333. The van der Waals surface area contributed by atoms with Gasteiger partial charge in [-0.05, 0) is 17.7 Å². The van der Waals surface area contributed by atoms with Crippen molar-refractivity contribution in [1.29, 1.82) is 0 Å². The Morgan fingerprint density at radius 3 is 2.13 bits per heavy atom. The lowest BCUT2D eigenvalue weighted by Crippen LogP contribution is -2.17. The highest BCUT2D eigenvalue weighted by Crippen LogP contribution is 2.25. The van der Waals surface area contributed by atoms with Gasteiger partial charge in [-0.15, -0.1) is 13.2 Å². The van der Waals surface area contributed by atoms with E-state index >= 15 is 0 Å². The van der Waals surface area contributed by atoms with E-state index in [2.05, 4.69) is 4.74 Å². The number of ether oxygens (including phenoxy) is 1. The minimum absolute atomic E-state index is 0.104. The number of halogens is 4. The summed E-state index contributed by atoms with van der Waals surface area (Å²) in [5.41, 5.74) is 0.104. The molecule has 0 bridgehead atoms. The Kier molecular flexibility index (Phi) is 3.52. The molecule has 0 spiro atoms. The van der Waals surface area contributed by atoms with Crippen LogP contribution in [-0.2, 0) is 0 Å². The largest absolute Gasteiger partial charge is 0.573 e. The standard InChI is InChI=1S/C9H8F4O2/c10-8(5-14)6-1-3-7(4-2-6)15-9(11,12)13/h1-4,8,14H,5H2. The summed E-state index contributed by atoms with van der Waals surface area (Å²) < 4.78 is 51.6. The monoisotopic (exact) mass is 224 g/mol. The highest BCUT2D eigenvalue weighted by Gasteiger charge is 2.31. The summed E-state index contributed by atoms with van der Waals surface area (Å²) in [5, 5.41) is 8.46. The molecule has 0 aliphatic rings. The van der Waals surface area contributed by atoms with Gasteiger partial charge in [0.25, 0.3) is 0 Å². The third-order valence-electron chi connectivity index (χ3n) is 1.64. The first-order valence-electron chi connectivity index (χ1n) is 4.03. The van der Waals surface area contributed by atoms with Gasteiger partial charge in [-0.1, -0.05) is 12.1 Å². The summed E-state index contributed by atoms with van der Waals surface area (Å²) in [4.78, 5) is 0. The molecule has 1 unspecified atom stereocenters. The Morgan fingerprint density at radius 1 is 1.20 bits per heavy atom. The van der Waals surface area contributed by atoms with Gasteiger partial charge in [-0.25, -0.2) is 4.39 Å². The molecular formula is C9H8F4O2. The molecule has 2 nitrogen and oxygen atoms in total. The average Bonchev–Trinajstić information content (AvgIpc) is 2.15. The molecule has 84 valence electrons. The molecule has 0 amide bonds. The van der Waals surface area contributed by atoms with Crippen LogP contribution in [0.5, 0.6) is 5.75 Å². The van der Waals surface area contributed by atoms with Gasteiger partial charge in [0.2, 0.25) is 0 Å². The Balaban J connectivity index is 2.72. The number of aliphatic hydroxyl groups excluding tert-OH is 1. The van der Waals surface area contributed by atoms with Gasteiger partial charge in [0, 0.05) is 0 Å². The van der Waals surface area contributed by atoms with E-state index in [1.165, 1.54) is 0 Å². The van der Waals surface area contributed by atoms with Gasteiger partial charge in [0.05, 0.1) is 6.61 Å². The van der Waals surface area contributed by atoms with Gasteiger partial charge in [0.15, 0.2) is 0 Å². The Bertz CT molecular complexity index is 307. The van der Waals surface area contributed by atoms with Crippen LogP contribution in [0.3, 0.4) is 0 Å². The fourth-order valence-electron chi connectivity index (χ4n) is 0.984. The van der Waals surface area contributed by atoms with E-state index in [1.54, 1.807) is 0 Å². The summed E-state index contributed by atoms with van der Waals surface area (Å²) in [6.07, 6.45) is -6.35. The number of aliphatic hydroxyl groups is 1. The smallest absolute Gasteiger partial charge is 0.406 e. The van der Waals surface area contributed by atoms with Gasteiger partial charge >= 0.3 is 6.36 Å². The number of hydrogen-bond acceptors (Lipinski definition) is 2. The van der Waals surface area contributed by atoms with Crippen molar-refractivity contribution >= 4 is 0 Å². The van der Waals surface area contributed by atoms with Crippen LogP contribution in [0.1, 0.15) is 11.7 Å². The molecule has 15 heavy (non-hydrogen) atoms. The molecule has 0 saturated heterocycles. The maximum Gasteiger partial charge on any atom is 0.573 e. The van der Waals surface area contributed by atoms with Crippen LogP contribution in [-0.4, -0.2) is 18.1 Å². The molecule has 1 N–H and O–H groups in total. The predicted octanol–water partition coefficient (Wildman–Crippen LogP) is 2.59. The van der Waals surface area contributed by atoms with Crippen molar-refractivity contribution in [2.45, 2.75) is 12.5 Å². The highest BCUT2D eigenvalue weighted by atomic mass is 19.4. The minimum Gasteiger partial charge on any atom is -0.406 e. The van der Waals surface area contributed by atoms with Crippen LogP contribution < -0.4 is 4.74 Å². The first-order valence-corrected chi connectivity index (χ1v) is 4.03. The molecule has 0 fully saturated rings. The normalized spacial score (nSPS) is 13.7. The Hall–Kier alpha value is -1.30. The maximum absolute atomic E-state index is 12.8. The van der Waals surface area contributed by atoms with Crippen LogP contribution in [0.25, 0.3) is 0 Å². The molecular weight excluding hydrogens is 216 g/mol. The SMILES string of the molecule is OCC(F)c1ccc(OC(F)(F)F)cc1. The topological polar surface area (TPSA) is 29.5 Å². The molecule has 0 radical (unpaired) electrons. The van der Waals surface area contributed by atoms with E-state index in [0.29, 0.717) is 0 Å². The van der Waals surface area contributed by atoms with Crippen molar-refractivity contribution in [3.05, 3.63) is 29.8 Å². The predicted molar refractivity (Wildman–Crippen MR) is 44.1 cm³/mol. The molecule has 1 aromatic rings. The average molecular weight is 224 g/mol. The number of rotatable bonds is 3. The molecule has 6 heteroatoms. The summed E-state index contributed by atoms with van der Waals surface area (Å²) in [6.45, 7) is -0.709. The first kappa shape index (κ1) is 11.8. The second kappa shape index (κ2) is 4.48. The van der Waals surface area contributed by atoms with Crippen molar-refractivity contribution in [1.82, 2.24) is 0 Å². The minimum atomic E-state index is -4.76. The van der Waals surface area contributed by atoms with Crippen molar-refractivity contribution in [2.75, 3.05) is 6.61 Å². The van der Waals surface area contributed by atoms with E-state index < -0.39 is 24.9 Å². The third kappa shape index (κ3) is 3.75. The number of alkyl halides is 4. The lowest BCUT2D eigenvalue weighted by atomic mass is 10.1. The molecule has 1 atom stereocenters. The van der Waals surface area contributed by atoms with Gasteiger partial charge in [0.1, 0.15) is 11.9 Å². The zero-order valence-electron chi connectivity index (χ0n) is 7.46. The number of hydrogen-bond donors (Lipinski definition) is 1. The highest BCUT2D eigenvalue weighted by molar-refractivity contribution is 5.28. The van der Waals surface area contributed by atoms with E-state index in [0.717, 1.165) is 24.3 Å². The van der Waals surface area contributed by atoms with Crippen molar-refractivity contribution in [2.24, 2.45) is 0 Å². The summed E-state index contributed by atoms with van der Waals surface area (Å²) in [7, 11) is 0. The van der Waals surface area contributed by atoms with Crippen LogP contribution in [0.15, 0.2) is 24.3 Å². The van der Waals surface area contributed by atoms with Gasteiger partial charge in [-0.3, -0.25) is 0 Å². The molecule has 0 aliphatic carbocycles. The van der Waals surface area contributed by atoms with Crippen LogP contribution in [0.4, 0.5) is 17.6 Å². The molecule has 0 saturated carbocycles. The summed E-state index contributed by atoms with van der Waals surface area (Å²) in [5.74, 6) is -0.420. The second-order valence-electron chi connectivity index (χ2n) is 2.77. The lowest BCUT2D eigenvalue weighted by molar-refractivity contribution is -0.274. The second-order valence-corrected chi connectivity index (χ2v) is 2.77. The quantitative estimate of drug-likeness (QED) is 0.799. The van der Waals surface area contributed by atoms with Crippen molar-refractivity contribution in [3.8, 4) is 5.75 Å². The van der Waals surface area contributed by atoms with Crippen LogP contribution >= 0.6 is 0 Å². The van der Waals surface area contributed by atoms with Crippen molar-refractivity contribution in [3.63, 3.8) is 0 Å². The molecule has 0 heterocycles. The van der Waals surface area contributed by atoms with Crippen molar-refractivity contribution < 1.29 is 27.4 Å². The summed E-state index contributed by atoms with van der Waals surface area (Å²) in [6, 6.07) is 4.24. The fourth-order valence-corrected chi connectivity index (χ4v) is 0.984. The Labute approximate surface area is 83.1 Å². The zero-order chi connectivity index (χ0) is 11.5. The van der Waals surface area contributed by atoms with E-state index in [4.69, 9.17) is 5.11 Å².